The van der Waals surface area contributed by atoms with Crippen LogP contribution in [-0.4, -0.2) is 27.3 Å². The van der Waals surface area contributed by atoms with E-state index in [-0.39, 0.29) is 12.4 Å². The summed E-state index contributed by atoms with van der Waals surface area (Å²) in [6, 6.07) is 15.3. The maximum absolute atomic E-state index is 12.7. The fourth-order valence-corrected chi connectivity index (χ4v) is 2.94. The van der Waals surface area contributed by atoms with Crippen LogP contribution in [0.15, 0.2) is 54.9 Å². The van der Waals surface area contributed by atoms with Crippen molar-refractivity contribution in [2.45, 2.75) is 6.92 Å². The molecule has 24 heavy (non-hydrogen) atoms. The lowest BCUT2D eigenvalue weighted by Gasteiger charge is -2.07. The Balaban J connectivity index is 1.63. The molecule has 0 fully saturated rings. The summed E-state index contributed by atoms with van der Waals surface area (Å²) in [4.78, 5) is 24.2. The third kappa shape index (κ3) is 2.40. The average molecular weight is 317 g/mol. The number of rotatable bonds is 4. The van der Waals surface area contributed by atoms with Crippen molar-refractivity contribution in [1.29, 1.82) is 0 Å². The molecular weight excluding hydrogens is 302 g/mol. The van der Waals surface area contributed by atoms with Gasteiger partial charge in [0.25, 0.3) is 0 Å². The molecule has 4 rings (SSSR count). The second-order valence-corrected chi connectivity index (χ2v) is 5.58. The van der Waals surface area contributed by atoms with Crippen LogP contribution in [-0.2, 0) is 0 Å². The van der Waals surface area contributed by atoms with E-state index in [1.807, 2.05) is 55.5 Å². The standard InChI is InChI=1S/C19H15N3O2/c1-12-18(13-6-2-5-9-16(13)22-12)17(23)10-24-19-14-7-3-4-8-15(14)20-11-21-19/h2-9,11,22H,10H2,1H3. The summed E-state index contributed by atoms with van der Waals surface area (Å²) in [6.45, 7) is 1.83. The van der Waals surface area contributed by atoms with E-state index in [1.165, 1.54) is 6.33 Å². The third-order valence-electron chi connectivity index (χ3n) is 4.02. The van der Waals surface area contributed by atoms with Crippen LogP contribution >= 0.6 is 0 Å². The van der Waals surface area contributed by atoms with Crippen LogP contribution in [0, 0.1) is 6.92 Å². The molecule has 2 aromatic carbocycles. The van der Waals surface area contributed by atoms with Crippen LogP contribution < -0.4 is 4.74 Å². The number of benzene rings is 2. The van der Waals surface area contributed by atoms with Gasteiger partial charge in [-0.05, 0) is 25.1 Å². The van der Waals surface area contributed by atoms with Gasteiger partial charge in [-0.25, -0.2) is 9.97 Å². The van der Waals surface area contributed by atoms with Gasteiger partial charge >= 0.3 is 0 Å². The Labute approximate surface area is 138 Å². The first-order chi connectivity index (χ1) is 11.7. The average Bonchev–Trinajstić information content (AvgIpc) is 2.95. The number of hydrogen-bond acceptors (Lipinski definition) is 4. The van der Waals surface area contributed by atoms with E-state index in [2.05, 4.69) is 15.0 Å². The van der Waals surface area contributed by atoms with Gasteiger partial charge in [0.15, 0.2) is 6.61 Å². The molecule has 4 aromatic rings. The molecule has 0 amide bonds. The monoisotopic (exact) mass is 317 g/mol. The molecule has 0 spiro atoms. The molecule has 5 nitrogen and oxygen atoms in total. The maximum Gasteiger partial charge on any atom is 0.224 e. The van der Waals surface area contributed by atoms with Crippen molar-refractivity contribution in [1.82, 2.24) is 15.0 Å². The molecule has 118 valence electrons. The first-order valence-corrected chi connectivity index (χ1v) is 7.67. The van der Waals surface area contributed by atoms with E-state index in [4.69, 9.17) is 4.74 Å². The van der Waals surface area contributed by atoms with Crippen LogP contribution in [0.3, 0.4) is 0 Å². The van der Waals surface area contributed by atoms with Gasteiger partial charge in [-0.3, -0.25) is 4.79 Å². The number of Topliss-reactive ketones (excluding diaryl/α,β-unsaturated/α-hetero) is 1. The van der Waals surface area contributed by atoms with Crippen LogP contribution in [0.2, 0.25) is 0 Å². The number of nitrogens with one attached hydrogen (secondary N) is 1. The van der Waals surface area contributed by atoms with E-state index in [1.54, 1.807) is 0 Å². The van der Waals surface area contributed by atoms with Crippen molar-refractivity contribution in [2.75, 3.05) is 6.61 Å². The topological polar surface area (TPSA) is 67.9 Å². The quantitative estimate of drug-likeness (QED) is 0.583. The lowest BCUT2D eigenvalue weighted by Crippen LogP contribution is -2.13. The maximum atomic E-state index is 12.7. The Morgan fingerprint density at radius 2 is 1.79 bits per heavy atom. The van der Waals surface area contributed by atoms with E-state index >= 15 is 0 Å². The minimum atomic E-state index is -0.0763. The summed E-state index contributed by atoms with van der Waals surface area (Å²) < 4.78 is 5.69. The molecule has 0 aliphatic rings. The fourth-order valence-electron chi connectivity index (χ4n) is 2.94. The summed E-state index contributed by atoms with van der Waals surface area (Å²) in [5.41, 5.74) is 3.25. The molecule has 0 bridgehead atoms. The van der Waals surface area contributed by atoms with Gasteiger partial charge in [-0.2, -0.15) is 0 Å². The zero-order valence-electron chi connectivity index (χ0n) is 13.1. The first kappa shape index (κ1) is 14.4. The number of nitrogens with zero attached hydrogens (tertiary/aromatic N) is 2. The number of aromatic amines is 1. The Morgan fingerprint density at radius 1 is 1.04 bits per heavy atom. The number of carbonyl (C=O) groups is 1. The van der Waals surface area contributed by atoms with E-state index in [9.17, 15) is 4.79 Å². The first-order valence-electron chi connectivity index (χ1n) is 7.67. The SMILES string of the molecule is Cc1[nH]c2ccccc2c1C(=O)COc1ncnc2ccccc12. The molecule has 0 saturated heterocycles. The van der Waals surface area contributed by atoms with Gasteiger partial charge in [0.05, 0.1) is 10.9 Å². The Hall–Kier alpha value is -3.21. The number of hydrogen-bond donors (Lipinski definition) is 1. The molecule has 0 atom stereocenters. The second kappa shape index (κ2) is 5.77. The minimum absolute atomic E-state index is 0.0658. The number of ether oxygens (including phenoxy) is 1. The second-order valence-electron chi connectivity index (χ2n) is 5.58. The number of ketones is 1. The van der Waals surface area contributed by atoms with Gasteiger partial charge in [-0.15, -0.1) is 0 Å². The number of carbonyl (C=O) groups excluding carboxylic acids is 1. The van der Waals surface area contributed by atoms with E-state index < -0.39 is 0 Å². The predicted molar refractivity (Wildman–Crippen MR) is 92.4 cm³/mol. The highest BCUT2D eigenvalue weighted by molar-refractivity contribution is 6.09. The van der Waals surface area contributed by atoms with Gasteiger partial charge in [0, 0.05) is 22.2 Å². The summed E-state index contributed by atoms with van der Waals surface area (Å²) in [7, 11) is 0. The fraction of sp³-hybridized carbons (Fsp3) is 0.105. The predicted octanol–water partition coefficient (Wildman–Crippen LogP) is 3.68. The van der Waals surface area contributed by atoms with E-state index in [0.29, 0.717) is 11.4 Å². The van der Waals surface area contributed by atoms with E-state index in [0.717, 1.165) is 27.5 Å². The smallest absolute Gasteiger partial charge is 0.224 e. The van der Waals surface area contributed by atoms with Crippen LogP contribution in [0.1, 0.15) is 16.1 Å². The molecule has 1 N–H and O–H groups in total. The van der Waals surface area contributed by atoms with Crippen LogP contribution in [0.4, 0.5) is 0 Å². The Morgan fingerprint density at radius 3 is 2.67 bits per heavy atom. The zero-order valence-corrected chi connectivity index (χ0v) is 13.1. The number of fused-ring (bicyclic) bond motifs is 2. The molecule has 2 aromatic heterocycles. The van der Waals surface area contributed by atoms with Gasteiger partial charge in [-0.1, -0.05) is 30.3 Å². The van der Waals surface area contributed by atoms with Crippen molar-refractivity contribution in [3.63, 3.8) is 0 Å². The summed E-state index contributed by atoms with van der Waals surface area (Å²) in [5.74, 6) is 0.346. The summed E-state index contributed by atoms with van der Waals surface area (Å²) >= 11 is 0. The molecule has 2 heterocycles. The van der Waals surface area contributed by atoms with Gasteiger partial charge in [0.1, 0.15) is 6.33 Å². The van der Waals surface area contributed by atoms with Crippen molar-refractivity contribution >= 4 is 27.6 Å². The van der Waals surface area contributed by atoms with Crippen LogP contribution in [0.25, 0.3) is 21.8 Å². The van der Waals surface area contributed by atoms with Gasteiger partial charge < -0.3 is 9.72 Å². The molecule has 0 radical (unpaired) electrons. The number of H-pyrrole nitrogens is 1. The molecule has 5 heteroatoms. The number of aromatic nitrogens is 3. The molecule has 0 saturated carbocycles. The van der Waals surface area contributed by atoms with Crippen LogP contribution in [0.5, 0.6) is 5.88 Å². The lowest BCUT2D eigenvalue weighted by atomic mass is 10.1. The molecule has 0 aliphatic heterocycles. The Bertz CT molecular complexity index is 1050. The zero-order chi connectivity index (χ0) is 16.5. The highest BCUT2D eigenvalue weighted by Gasteiger charge is 2.17. The summed E-state index contributed by atoms with van der Waals surface area (Å²) in [6.07, 6.45) is 1.44. The number of aryl methyl sites for hydroxylation is 1. The van der Waals surface area contributed by atoms with Crippen molar-refractivity contribution in [3.8, 4) is 5.88 Å². The largest absolute Gasteiger partial charge is 0.469 e. The normalized spacial score (nSPS) is 11.0. The molecule has 0 unspecified atom stereocenters. The highest BCUT2D eigenvalue weighted by atomic mass is 16.5. The third-order valence-corrected chi connectivity index (χ3v) is 4.02. The Kier molecular flexibility index (Phi) is 3.46. The molecule has 0 aliphatic carbocycles. The van der Waals surface area contributed by atoms with Crippen molar-refractivity contribution in [2.24, 2.45) is 0 Å². The molecular formula is C19H15N3O2. The number of para-hydroxylation sites is 2. The summed E-state index contributed by atoms with van der Waals surface area (Å²) in [5, 5.41) is 1.71. The van der Waals surface area contributed by atoms with Gasteiger partial charge in [0.2, 0.25) is 11.7 Å². The highest BCUT2D eigenvalue weighted by Crippen LogP contribution is 2.24. The minimum Gasteiger partial charge on any atom is -0.469 e. The van der Waals surface area contributed by atoms with Crippen molar-refractivity contribution in [3.05, 3.63) is 66.1 Å². The van der Waals surface area contributed by atoms with Crippen molar-refractivity contribution < 1.29 is 9.53 Å². The lowest BCUT2D eigenvalue weighted by molar-refractivity contribution is 0.0920.